The van der Waals surface area contributed by atoms with Gasteiger partial charge in [-0.15, -0.1) is 0 Å². The van der Waals surface area contributed by atoms with E-state index in [1.54, 1.807) is 24.3 Å². The quantitative estimate of drug-likeness (QED) is 0.642. The molecule has 0 saturated heterocycles. The fourth-order valence-electron chi connectivity index (χ4n) is 1.68. The fourth-order valence-corrected chi connectivity index (χ4v) is 2.06. The van der Waals surface area contributed by atoms with Crippen molar-refractivity contribution in [2.75, 3.05) is 13.2 Å². The molecule has 0 saturated carbocycles. The van der Waals surface area contributed by atoms with E-state index in [-0.39, 0.29) is 19.8 Å². The van der Waals surface area contributed by atoms with Crippen LogP contribution in [0.1, 0.15) is 15.9 Å². The topological polar surface area (TPSA) is 55.8 Å². The van der Waals surface area contributed by atoms with Gasteiger partial charge in [-0.3, -0.25) is 0 Å². The number of aliphatic hydroxyl groups is 1. The highest BCUT2D eigenvalue weighted by molar-refractivity contribution is 9.10. The Labute approximate surface area is 131 Å². The van der Waals surface area contributed by atoms with Gasteiger partial charge in [0.25, 0.3) is 0 Å². The molecule has 110 valence electrons. The van der Waals surface area contributed by atoms with Crippen molar-refractivity contribution in [3.05, 3.63) is 64.1 Å². The lowest BCUT2D eigenvalue weighted by Gasteiger charge is -2.08. The van der Waals surface area contributed by atoms with Gasteiger partial charge in [-0.2, -0.15) is 0 Å². The van der Waals surface area contributed by atoms with Gasteiger partial charge in [-0.05, 0) is 35.9 Å². The number of carbonyl (C=O) groups excluding carboxylic acids is 1. The van der Waals surface area contributed by atoms with E-state index in [9.17, 15) is 4.79 Å². The number of benzene rings is 2. The molecule has 2 aromatic rings. The molecule has 0 aliphatic carbocycles. The van der Waals surface area contributed by atoms with Crippen LogP contribution in [0, 0.1) is 0 Å². The van der Waals surface area contributed by atoms with E-state index in [2.05, 4.69) is 15.9 Å². The van der Waals surface area contributed by atoms with Gasteiger partial charge < -0.3 is 14.6 Å². The van der Waals surface area contributed by atoms with Gasteiger partial charge in [0, 0.05) is 4.47 Å². The van der Waals surface area contributed by atoms with Crippen LogP contribution < -0.4 is 4.74 Å². The minimum absolute atomic E-state index is 0.0458. The Balaban J connectivity index is 1.76. The van der Waals surface area contributed by atoms with Gasteiger partial charge in [0.2, 0.25) is 0 Å². The van der Waals surface area contributed by atoms with Crippen molar-refractivity contribution >= 4 is 21.9 Å². The summed E-state index contributed by atoms with van der Waals surface area (Å²) in [7, 11) is 0. The van der Waals surface area contributed by atoms with Crippen molar-refractivity contribution in [1.29, 1.82) is 0 Å². The average molecular weight is 351 g/mol. The van der Waals surface area contributed by atoms with Crippen molar-refractivity contribution in [2.24, 2.45) is 0 Å². The molecular weight excluding hydrogens is 336 g/mol. The summed E-state index contributed by atoms with van der Waals surface area (Å²) in [5.74, 6) is 0.310. The molecule has 2 aromatic carbocycles. The first-order valence-electron chi connectivity index (χ1n) is 6.44. The molecule has 2 rings (SSSR count). The summed E-state index contributed by atoms with van der Waals surface area (Å²) in [6.45, 7) is 0.416. The van der Waals surface area contributed by atoms with Crippen molar-refractivity contribution in [2.45, 2.75) is 6.61 Å². The summed E-state index contributed by atoms with van der Waals surface area (Å²) in [5.41, 5.74) is 1.21. The van der Waals surface area contributed by atoms with Crippen LogP contribution in [0.3, 0.4) is 0 Å². The zero-order valence-corrected chi connectivity index (χ0v) is 12.9. The molecule has 0 fully saturated rings. The number of aliphatic hydroxyl groups excluding tert-OH is 1. The number of rotatable bonds is 6. The van der Waals surface area contributed by atoms with Crippen LogP contribution in [0.5, 0.6) is 5.75 Å². The van der Waals surface area contributed by atoms with E-state index in [0.717, 1.165) is 10.0 Å². The maximum Gasteiger partial charge on any atom is 0.338 e. The Bertz CT molecular complexity index is 595. The lowest BCUT2D eigenvalue weighted by molar-refractivity contribution is 0.0450. The molecular formula is C16H15BrO4. The fraction of sp³-hybridized carbons (Fsp3) is 0.188. The SMILES string of the molecule is O=C(OCCOc1cccc(Br)c1)c1ccc(CO)cc1. The summed E-state index contributed by atoms with van der Waals surface area (Å²) in [6.07, 6.45) is 0. The minimum atomic E-state index is -0.405. The molecule has 21 heavy (non-hydrogen) atoms. The summed E-state index contributed by atoms with van der Waals surface area (Å²) in [5, 5.41) is 8.93. The molecule has 1 N–H and O–H groups in total. The maximum absolute atomic E-state index is 11.8. The molecule has 0 unspecified atom stereocenters. The molecule has 0 atom stereocenters. The first-order valence-corrected chi connectivity index (χ1v) is 7.23. The van der Waals surface area contributed by atoms with Crippen LogP contribution in [0.25, 0.3) is 0 Å². The van der Waals surface area contributed by atoms with E-state index in [1.807, 2.05) is 24.3 Å². The summed E-state index contributed by atoms with van der Waals surface area (Å²) < 4.78 is 11.5. The molecule has 5 heteroatoms. The monoisotopic (exact) mass is 350 g/mol. The second kappa shape index (κ2) is 7.81. The lowest BCUT2D eigenvalue weighted by atomic mass is 10.1. The Morgan fingerprint density at radius 2 is 1.86 bits per heavy atom. The molecule has 0 heterocycles. The number of ether oxygens (including phenoxy) is 2. The van der Waals surface area contributed by atoms with Crippen LogP contribution in [-0.2, 0) is 11.3 Å². The molecule has 4 nitrogen and oxygen atoms in total. The van der Waals surface area contributed by atoms with Crippen molar-refractivity contribution in [3.63, 3.8) is 0 Å². The van der Waals surface area contributed by atoms with Gasteiger partial charge >= 0.3 is 5.97 Å². The van der Waals surface area contributed by atoms with Gasteiger partial charge in [0.05, 0.1) is 12.2 Å². The third-order valence-electron chi connectivity index (χ3n) is 2.75. The molecule has 0 aromatic heterocycles. The van der Waals surface area contributed by atoms with E-state index in [0.29, 0.717) is 11.3 Å². The Morgan fingerprint density at radius 3 is 2.52 bits per heavy atom. The molecule has 0 aliphatic rings. The molecule has 0 amide bonds. The molecule has 0 radical (unpaired) electrons. The minimum Gasteiger partial charge on any atom is -0.490 e. The second-order valence-electron chi connectivity index (χ2n) is 4.30. The zero-order chi connectivity index (χ0) is 15.1. The summed E-state index contributed by atoms with van der Waals surface area (Å²) in [4.78, 5) is 11.8. The summed E-state index contributed by atoms with van der Waals surface area (Å²) in [6, 6.07) is 14.1. The molecule has 0 aliphatic heterocycles. The zero-order valence-electron chi connectivity index (χ0n) is 11.3. The number of halogens is 1. The Kier molecular flexibility index (Phi) is 5.78. The number of hydrogen-bond donors (Lipinski definition) is 1. The normalized spacial score (nSPS) is 10.2. The van der Waals surface area contributed by atoms with Crippen LogP contribution in [0.2, 0.25) is 0 Å². The van der Waals surface area contributed by atoms with E-state index in [1.165, 1.54) is 0 Å². The summed E-state index contributed by atoms with van der Waals surface area (Å²) >= 11 is 3.35. The Morgan fingerprint density at radius 1 is 1.10 bits per heavy atom. The smallest absolute Gasteiger partial charge is 0.338 e. The number of carbonyl (C=O) groups is 1. The highest BCUT2D eigenvalue weighted by atomic mass is 79.9. The number of hydrogen-bond acceptors (Lipinski definition) is 4. The highest BCUT2D eigenvalue weighted by Gasteiger charge is 2.06. The predicted octanol–water partition coefficient (Wildman–Crippen LogP) is 3.18. The predicted molar refractivity (Wildman–Crippen MR) is 82.3 cm³/mol. The third kappa shape index (κ3) is 4.88. The van der Waals surface area contributed by atoms with E-state index >= 15 is 0 Å². The van der Waals surface area contributed by atoms with Gasteiger partial charge in [-0.25, -0.2) is 4.79 Å². The van der Waals surface area contributed by atoms with Crippen molar-refractivity contribution < 1.29 is 19.4 Å². The first-order chi connectivity index (χ1) is 10.2. The van der Waals surface area contributed by atoms with Crippen molar-refractivity contribution in [3.8, 4) is 5.75 Å². The van der Waals surface area contributed by atoms with Gasteiger partial charge in [0.15, 0.2) is 0 Å². The van der Waals surface area contributed by atoms with Crippen LogP contribution >= 0.6 is 15.9 Å². The van der Waals surface area contributed by atoms with E-state index in [4.69, 9.17) is 14.6 Å². The van der Waals surface area contributed by atoms with Crippen LogP contribution in [0.4, 0.5) is 0 Å². The second-order valence-corrected chi connectivity index (χ2v) is 5.21. The molecule has 0 spiro atoms. The standard InChI is InChI=1S/C16H15BrO4/c17-14-2-1-3-15(10-14)20-8-9-21-16(19)13-6-4-12(11-18)5-7-13/h1-7,10,18H,8-9,11H2. The first kappa shape index (κ1) is 15.5. The maximum atomic E-state index is 11.8. The third-order valence-corrected chi connectivity index (χ3v) is 3.25. The average Bonchev–Trinajstić information content (AvgIpc) is 2.51. The van der Waals surface area contributed by atoms with E-state index < -0.39 is 5.97 Å². The lowest BCUT2D eigenvalue weighted by Crippen LogP contribution is -2.12. The number of esters is 1. The molecule has 0 bridgehead atoms. The largest absolute Gasteiger partial charge is 0.490 e. The van der Waals surface area contributed by atoms with Gasteiger partial charge in [-0.1, -0.05) is 34.1 Å². The van der Waals surface area contributed by atoms with Crippen LogP contribution in [0.15, 0.2) is 53.0 Å². The van der Waals surface area contributed by atoms with Gasteiger partial charge in [0.1, 0.15) is 19.0 Å². The van der Waals surface area contributed by atoms with Crippen LogP contribution in [-0.4, -0.2) is 24.3 Å². The highest BCUT2D eigenvalue weighted by Crippen LogP contribution is 2.17. The van der Waals surface area contributed by atoms with Crippen molar-refractivity contribution in [1.82, 2.24) is 0 Å². The Hall–Kier alpha value is -1.85.